The molecule has 0 saturated carbocycles. The fourth-order valence-corrected chi connectivity index (χ4v) is 1.64. The first-order valence-electron chi connectivity index (χ1n) is 4.05. The lowest BCUT2D eigenvalue weighted by Crippen LogP contribution is -2.39. The zero-order valence-electron chi connectivity index (χ0n) is 7.05. The first kappa shape index (κ1) is 8.02. The van der Waals surface area contributed by atoms with Crippen molar-refractivity contribution in [1.29, 1.82) is 0 Å². The lowest BCUT2D eigenvalue weighted by atomic mass is 10.0. The molecule has 0 bridgehead atoms. The molecule has 0 spiro atoms. The quantitative estimate of drug-likeness (QED) is 0.594. The molecule has 0 aromatic carbocycles. The van der Waals surface area contributed by atoms with Crippen molar-refractivity contribution < 1.29 is 4.74 Å². The first-order valence-corrected chi connectivity index (χ1v) is 4.05. The van der Waals surface area contributed by atoms with Crippen LogP contribution in [0.15, 0.2) is 0 Å². The van der Waals surface area contributed by atoms with E-state index in [1.165, 1.54) is 0 Å². The Kier molecular flexibility index (Phi) is 2.69. The molecule has 3 atom stereocenters. The summed E-state index contributed by atoms with van der Waals surface area (Å²) in [4.78, 5) is 0. The lowest BCUT2D eigenvalue weighted by molar-refractivity contribution is -0.0409. The van der Waals surface area contributed by atoms with Gasteiger partial charge in [0.2, 0.25) is 0 Å². The van der Waals surface area contributed by atoms with Gasteiger partial charge in [0.05, 0.1) is 12.2 Å². The SMILES string of the molecule is CNC1CC(C)O[C@H](C)C1. The number of rotatable bonds is 1. The Hall–Kier alpha value is -0.0800. The van der Waals surface area contributed by atoms with E-state index in [-0.39, 0.29) is 0 Å². The van der Waals surface area contributed by atoms with Gasteiger partial charge >= 0.3 is 0 Å². The average molecular weight is 143 g/mol. The van der Waals surface area contributed by atoms with E-state index in [2.05, 4.69) is 19.2 Å². The highest BCUT2D eigenvalue weighted by molar-refractivity contribution is 4.76. The van der Waals surface area contributed by atoms with Crippen LogP contribution in [0.1, 0.15) is 26.7 Å². The Labute approximate surface area is 63.0 Å². The van der Waals surface area contributed by atoms with Crippen molar-refractivity contribution in [1.82, 2.24) is 5.32 Å². The first-order chi connectivity index (χ1) is 4.72. The van der Waals surface area contributed by atoms with Crippen LogP contribution in [0.25, 0.3) is 0 Å². The van der Waals surface area contributed by atoms with E-state index in [0.29, 0.717) is 18.2 Å². The Morgan fingerprint density at radius 2 is 1.70 bits per heavy atom. The Morgan fingerprint density at radius 3 is 2.10 bits per heavy atom. The minimum atomic E-state index is 0.432. The van der Waals surface area contributed by atoms with Gasteiger partial charge in [-0.15, -0.1) is 0 Å². The molecule has 2 nitrogen and oxygen atoms in total. The topological polar surface area (TPSA) is 21.3 Å². The maximum atomic E-state index is 5.58. The molecule has 0 radical (unpaired) electrons. The molecule has 0 aromatic rings. The van der Waals surface area contributed by atoms with Gasteiger partial charge in [-0.05, 0) is 33.7 Å². The summed E-state index contributed by atoms with van der Waals surface area (Å²) < 4.78 is 5.58. The minimum Gasteiger partial charge on any atom is -0.375 e. The second-order valence-electron chi connectivity index (χ2n) is 3.21. The van der Waals surface area contributed by atoms with E-state index in [4.69, 9.17) is 4.74 Å². The largest absolute Gasteiger partial charge is 0.375 e. The molecular weight excluding hydrogens is 126 g/mol. The van der Waals surface area contributed by atoms with E-state index in [1.54, 1.807) is 0 Å². The van der Waals surface area contributed by atoms with Gasteiger partial charge in [0.1, 0.15) is 0 Å². The zero-order chi connectivity index (χ0) is 7.56. The van der Waals surface area contributed by atoms with E-state index in [0.717, 1.165) is 12.8 Å². The Bertz CT molecular complexity index is 95.4. The van der Waals surface area contributed by atoms with Gasteiger partial charge in [0, 0.05) is 6.04 Å². The molecule has 1 saturated heterocycles. The Morgan fingerprint density at radius 1 is 1.20 bits per heavy atom. The zero-order valence-corrected chi connectivity index (χ0v) is 7.05. The maximum absolute atomic E-state index is 5.58. The van der Waals surface area contributed by atoms with Gasteiger partial charge < -0.3 is 10.1 Å². The van der Waals surface area contributed by atoms with E-state index < -0.39 is 0 Å². The minimum absolute atomic E-state index is 0.432. The summed E-state index contributed by atoms with van der Waals surface area (Å²) in [5.41, 5.74) is 0. The van der Waals surface area contributed by atoms with Crippen molar-refractivity contribution in [3.05, 3.63) is 0 Å². The van der Waals surface area contributed by atoms with Gasteiger partial charge in [-0.2, -0.15) is 0 Å². The highest BCUT2D eigenvalue weighted by Crippen LogP contribution is 2.18. The Balaban J connectivity index is 2.35. The molecule has 1 N–H and O–H groups in total. The summed E-state index contributed by atoms with van der Waals surface area (Å²) in [5, 5.41) is 3.28. The smallest absolute Gasteiger partial charge is 0.0565 e. The van der Waals surface area contributed by atoms with Gasteiger partial charge in [-0.3, -0.25) is 0 Å². The molecule has 1 fully saturated rings. The van der Waals surface area contributed by atoms with Crippen molar-refractivity contribution >= 4 is 0 Å². The van der Waals surface area contributed by atoms with E-state index in [9.17, 15) is 0 Å². The van der Waals surface area contributed by atoms with Gasteiger partial charge in [0.25, 0.3) is 0 Å². The number of hydrogen-bond donors (Lipinski definition) is 1. The molecule has 1 aliphatic rings. The lowest BCUT2D eigenvalue weighted by Gasteiger charge is -2.31. The highest BCUT2D eigenvalue weighted by Gasteiger charge is 2.22. The predicted molar refractivity (Wildman–Crippen MR) is 42.1 cm³/mol. The monoisotopic (exact) mass is 143 g/mol. The third-order valence-corrected chi connectivity index (χ3v) is 2.11. The van der Waals surface area contributed by atoms with Crippen molar-refractivity contribution in [3.8, 4) is 0 Å². The normalized spacial score (nSPS) is 41.7. The second-order valence-corrected chi connectivity index (χ2v) is 3.21. The van der Waals surface area contributed by atoms with Crippen LogP contribution in [0.4, 0.5) is 0 Å². The summed E-state index contributed by atoms with van der Waals surface area (Å²) >= 11 is 0. The molecule has 1 heterocycles. The van der Waals surface area contributed by atoms with E-state index in [1.807, 2.05) is 7.05 Å². The summed E-state index contributed by atoms with van der Waals surface area (Å²) in [7, 11) is 2.02. The molecule has 2 heteroatoms. The third-order valence-electron chi connectivity index (χ3n) is 2.11. The molecule has 0 aliphatic carbocycles. The van der Waals surface area contributed by atoms with Crippen LogP contribution in [0.5, 0.6) is 0 Å². The number of ether oxygens (including phenoxy) is 1. The van der Waals surface area contributed by atoms with Crippen molar-refractivity contribution in [3.63, 3.8) is 0 Å². The molecular formula is C8H17NO. The molecule has 0 amide bonds. The highest BCUT2D eigenvalue weighted by atomic mass is 16.5. The van der Waals surface area contributed by atoms with Crippen molar-refractivity contribution in [2.24, 2.45) is 0 Å². The molecule has 1 rings (SSSR count). The summed E-state index contributed by atoms with van der Waals surface area (Å²) in [6.45, 7) is 4.28. The van der Waals surface area contributed by atoms with Gasteiger partial charge in [-0.1, -0.05) is 0 Å². The van der Waals surface area contributed by atoms with Crippen LogP contribution in [-0.2, 0) is 4.74 Å². The number of hydrogen-bond acceptors (Lipinski definition) is 2. The van der Waals surface area contributed by atoms with Crippen LogP contribution in [0, 0.1) is 0 Å². The molecule has 60 valence electrons. The third kappa shape index (κ3) is 1.96. The fraction of sp³-hybridized carbons (Fsp3) is 1.00. The molecule has 0 aromatic heterocycles. The van der Waals surface area contributed by atoms with Crippen molar-refractivity contribution in [2.45, 2.75) is 44.9 Å². The summed E-state index contributed by atoms with van der Waals surface area (Å²) in [6, 6.07) is 0.666. The maximum Gasteiger partial charge on any atom is 0.0565 e. The van der Waals surface area contributed by atoms with Crippen LogP contribution in [-0.4, -0.2) is 25.3 Å². The molecule has 1 aliphatic heterocycles. The molecule has 10 heavy (non-hydrogen) atoms. The van der Waals surface area contributed by atoms with Crippen LogP contribution in [0.3, 0.4) is 0 Å². The predicted octanol–water partition coefficient (Wildman–Crippen LogP) is 1.16. The van der Waals surface area contributed by atoms with Gasteiger partial charge in [0.15, 0.2) is 0 Å². The number of nitrogens with one attached hydrogen (secondary N) is 1. The van der Waals surface area contributed by atoms with E-state index >= 15 is 0 Å². The van der Waals surface area contributed by atoms with Crippen LogP contribution >= 0.6 is 0 Å². The second kappa shape index (κ2) is 3.35. The van der Waals surface area contributed by atoms with Crippen LogP contribution in [0.2, 0.25) is 0 Å². The molecule has 2 unspecified atom stereocenters. The summed E-state index contributed by atoms with van der Waals surface area (Å²) in [6.07, 6.45) is 3.17. The summed E-state index contributed by atoms with van der Waals surface area (Å²) in [5.74, 6) is 0. The van der Waals surface area contributed by atoms with Crippen molar-refractivity contribution in [2.75, 3.05) is 7.05 Å². The van der Waals surface area contributed by atoms with Gasteiger partial charge in [-0.25, -0.2) is 0 Å². The fourth-order valence-electron chi connectivity index (χ4n) is 1.64. The standard InChI is InChI=1S/C8H17NO/c1-6-4-8(9-3)5-7(2)10-6/h6-9H,4-5H2,1-3H3/t6-,7?,8?/m1/s1. The average Bonchev–Trinajstić information content (AvgIpc) is 1.85. The van der Waals surface area contributed by atoms with Crippen LogP contribution < -0.4 is 5.32 Å².